The van der Waals surface area contributed by atoms with Crippen molar-refractivity contribution in [3.8, 4) is 0 Å². The maximum absolute atomic E-state index is 13.1. The van der Waals surface area contributed by atoms with Gasteiger partial charge >= 0.3 is 0 Å². The molecule has 0 spiro atoms. The summed E-state index contributed by atoms with van der Waals surface area (Å²) < 4.78 is 12.6. The van der Waals surface area contributed by atoms with E-state index in [1.807, 2.05) is 74.7 Å². The zero-order chi connectivity index (χ0) is 21.8. The van der Waals surface area contributed by atoms with E-state index in [-0.39, 0.29) is 12.0 Å². The zero-order valence-electron chi connectivity index (χ0n) is 17.7. The minimum absolute atomic E-state index is 0.149. The van der Waals surface area contributed by atoms with Gasteiger partial charge in [0.1, 0.15) is 9.92 Å². The van der Waals surface area contributed by atoms with Crippen LogP contribution in [0.4, 0.5) is 5.69 Å². The number of nitrogens with one attached hydrogen (secondary N) is 1. The number of nitrogens with zero attached hydrogens (tertiary/aromatic N) is 1. The Balaban J connectivity index is 1.57. The van der Waals surface area contributed by atoms with Crippen molar-refractivity contribution in [1.82, 2.24) is 4.98 Å². The van der Waals surface area contributed by atoms with E-state index in [1.54, 1.807) is 23.1 Å². The van der Waals surface area contributed by atoms with Crippen LogP contribution < -0.4 is 5.32 Å². The van der Waals surface area contributed by atoms with E-state index in [0.717, 1.165) is 26.5 Å². The number of hydrogen-bond acceptors (Lipinski definition) is 6. The number of aryl methyl sites for hydroxylation is 1. The number of rotatable bonds is 8. The van der Waals surface area contributed by atoms with Gasteiger partial charge < -0.3 is 14.5 Å². The van der Waals surface area contributed by atoms with E-state index in [1.165, 1.54) is 0 Å². The average molecular weight is 453 g/mol. The molecule has 4 rings (SSSR count). The number of carbonyl (C=O) groups excluding carboxylic acids is 1. The monoisotopic (exact) mass is 452 g/mol. The van der Waals surface area contributed by atoms with E-state index < -0.39 is 0 Å². The van der Waals surface area contributed by atoms with Crippen molar-refractivity contribution in [2.24, 2.45) is 0 Å². The van der Waals surface area contributed by atoms with Gasteiger partial charge in [0.15, 0.2) is 5.76 Å². The van der Waals surface area contributed by atoms with Gasteiger partial charge in [-0.25, -0.2) is 4.98 Å². The van der Waals surface area contributed by atoms with Crippen LogP contribution in [0, 0.1) is 6.92 Å². The van der Waals surface area contributed by atoms with Gasteiger partial charge in [-0.1, -0.05) is 42.1 Å². The smallest absolute Gasteiger partial charge is 0.291 e. The fraction of sp³-hybridized carbons (Fsp3) is 0.250. The largest absolute Gasteiger partial charge is 0.451 e. The molecule has 0 saturated heterocycles. The molecule has 0 bridgehead atoms. The number of benzene rings is 2. The number of amides is 1. The molecule has 2 heterocycles. The Bertz CT molecular complexity index is 1200. The summed E-state index contributed by atoms with van der Waals surface area (Å²) in [5, 5.41) is 5.96. The molecule has 0 radical (unpaired) electrons. The number of ether oxygens (including phenoxy) is 1. The van der Waals surface area contributed by atoms with Gasteiger partial charge in [0.2, 0.25) is 0 Å². The minimum Gasteiger partial charge on any atom is -0.451 e. The summed E-state index contributed by atoms with van der Waals surface area (Å²) in [7, 11) is 0. The number of anilines is 1. The first-order valence-electron chi connectivity index (χ1n) is 10.1. The molecule has 1 N–H and O–H groups in total. The van der Waals surface area contributed by atoms with Crippen molar-refractivity contribution >= 4 is 45.7 Å². The Hall–Kier alpha value is -2.61. The van der Waals surface area contributed by atoms with Gasteiger partial charge in [0, 0.05) is 33.5 Å². The second kappa shape index (κ2) is 9.68. The first kappa shape index (κ1) is 21.6. The van der Waals surface area contributed by atoms with Crippen LogP contribution in [0.2, 0.25) is 0 Å². The quantitative estimate of drug-likeness (QED) is 0.303. The fourth-order valence-electron chi connectivity index (χ4n) is 3.15. The Labute approximate surface area is 189 Å². The summed E-state index contributed by atoms with van der Waals surface area (Å²) >= 11 is 3.22. The van der Waals surface area contributed by atoms with E-state index in [2.05, 4.69) is 10.3 Å². The summed E-state index contributed by atoms with van der Waals surface area (Å²) in [6, 6.07) is 15.4. The SMILES string of the molecule is Cc1csc(SCc2c(C(=O)Nc3cccc(COC(C)C)c3)oc3ccccc23)n1. The standard InChI is InChI=1S/C24H24N2O3S2/c1-15(2)28-12-17-7-6-8-18(11-17)26-23(27)22-20(14-31-24-25-16(3)13-30-24)19-9-4-5-10-21(19)29-22/h4-11,13,15H,12,14H2,1-3H3,(H,26,27). The summed E-state index contributed by atoms with van der Waals surface area (Å²) in [4.78, 5) is 17.6. The summed E-state index contributed by atoms with van der Waals surface area (Å²) in [6.07, 6.45) is 0.149. The molecule has 0 saturated carbocycles. The number of thioether (sulfide) groups is 1. The van der Waals surface area contributed by atoms with Crippen LogP contribution >= 0.6 is 23.1 Å². The number of hydrogen-bond donors (Lipinski definition) is 1. The molecule has 2 aromatic heterocycles. The first-order chi connectivity index (χ1) is 15.0. The molecule has 5 nitrogen and oxygen atoms in total. The second-order valence-electron chi connectivity index (χ2n) is 7.46. The highest BCUT2D eigenvalue weighted by molar-refractivity contribution is 8.00. The highest BCUT2D eigenvalue weighted by atomic mass is 32.2. The lowest BCUT2D eigenvalue weighted by atomic mass is 10.1. The van der Waals surface area contributed by atoms with Gasteiger partial charge in [-0.05, 0) is 44.5 Å². The van der Waals surface area contributed by atoms with Gasteiger partial charge in [-0.2, -0.15) is 0 Å². The molecule has 0 aliphatic rings. The van der Waals surface area contributed by atoms with Crippen LogP contribution in [0.15, 0.2) is 62.7 Å². The van der Waals surface area contributed by atoms with Crippen LogP contribution in [0.25, 0.3) is 11.0 Å². The highest BCUT2D eigenvalue weighted by Gasteiger charge is 2.21. The third kappa shape index (κ3) is 5.36. The highest BCUT2D eigenvalue weighted by Crippen LogP contribution is 2.33. The predicted molar refractivity (Wildman–Crippen MR) is 127 cm³/mol. The Morgan fingerprint density at radius 2 is 2.06 bits per heavy atom. The van der Waals surface area contributed by atoms with Crippen LogP contribution in [-0.4, -0.2) is 17.0 Å². The molecule has 0 aliphatic heterocycles. The van der Waals surface area contributed by atoms with Crippen molar-refractivity contribution < 1.29 is 13.9 Å². The lowest BCUT2D eigenvalue weighted by molar-refractivity contribution is 0.0657. The number of thiazole rings is 1. The maximum Gasteiger partial charge on any atom is 0.291 e. The first-order valence-corrected chi connectivity index (χ1v) is 11.9. The summed E-state index contributed by atoms with van der Waals surface area (Å²) in [5.74, 6) is 0.685. The Morgan fingerprint density at radius 1 is 1.23 bits per heavy atom. The van der Waals surface area contributed by atoms with Gasteiger partial charge in [-0.15, -0.1) is 11.3 Å². The molecular formula is C24H24N2O3S2. The Kier molecular flexibility index (Phi) is 6.75. The van der Waals surface area contributed by atoms with E-state index in [4.69, 9.17) is 9.15 Å². The molecular weight excluding hydrogens is 428 g/mol. The topological polar surface area (TPSA) is 64.4 Å². The third-order valence-corrected chi connectivity index (χ3v) is 6.78. The third-order valence-electron chi connectivity index (χ3n) is 4.61. The lowest BCUT2D eigenvalue weighted by Crippen LogP contribution is -2.13. The van der Waals surface area contributed by atoms with Gasteiger partial charge in [0.25, 0.3) is 5.91 Å². The van der Waals surface area contributed by atoms with Gasteiger partial charge in [0.05, 0.1) is 12.7 Å². The number of aromatic nitrogens is 1. The Morgan fingerprint density at radius 3 is 2.84 bits per heavy atom. The summed E-state index contributed by atoms with van der Waals surface area (Å²) in [6.45, 7) is 6.48. The van der Waals surface area contributed by atoms with Crippen molar-refractivity contribution in [3.63, 3.8) is 0 Å². The predicted octanol–water partition coefficient (Wildman–Crippen LogP) is 6.67. The van der Waals surface area contributed by atoms with Crippen LogP contribution in [0.1, 0.15) is 41.2 Å². The number of fused-ring (bicyclic) bond motifs is 1. The van der Waals surface area contributed by atoms with Crippen LogP contribution in [0.3, 0.4) is 0 Å². The van der Waals surface area contributed by atoms with Crippen LogP contribution in [0.5, 0.6) is 0 Å². The van der Waals surface area contributed by atoms with E-state index in [9.17, 15) is 4.79 Å². The fourth-order valence-corrected chi connectivity index (χ4v) is 5.02. The number of furan rings is 1. The molecule has 0 fully saturated rings. The molecule has 160 valence electrons. The number of para-hydroxylation sites is 1. The van der Waals surface area contributed by atoms with E-state index >= 15 is 0 Å². The summed E-state index contributed by atoms with van der Waals surface area (Å²) in [5.41, 5.74) is 4.31. The zero-order valence-corrected chi connectivity index (χ0v) is 19.3. The van der Waals surface area contributed by atoms with Crippen molar-refractivity contribution in [2.75, 3.05) is 5.32 Å². The van der Waals surface area contributed by atoms with Crippen molar-refractivity contribution in [3.05, 3.63) is 76.5 Å². The molecule has 0 unspecified atom stereocenters. The van der Waals surface area contributed by atoms with Crippen molar-refractivity contribution in [2.45, 2.75) is 43.6 Å². The number of carbonyl (C=O) groups is 1. The lowest BCUT2D eigenvalue weighted by Gasteiger charge is -2.10. The molecule has 0 atom stereocenters. The van der Waals surface area contributed by atoms with Crippen molar-refractivity contribution in [1.29, 1.82) is 0 Å². The molecule has 7 heteroatoms. The molecule has 2 aromatic carbocycles. The molecule has 0 aliphatic carbocycles. The minimum atomic E-state index is -0.260. The van der Waals surface area contributed by atoms with E-state index in [0.29, 0.717) is 29.4 Å². The molecule has 31 heavy (non-hydrogen) atoms. The second-order valence-corrected chi connectivity index (χ2v) is 9.54. The molecule has 4 aromatic rings. The van der Waals surface area contributed by atoms with Gasteiger partial charge in [-0.3, -0.25) is 4.79 Å². The molecule has 1 amide bonds. The normalized spacial score (nSPS) is 11.4. The maximum atomic E-state index is 13.1. The van der Waals surface area contributed by atoms with Crippen LogP contribution in [-0.2, 0) is 17.1 Å². The average Bonchev–Trinajstić information content (AvgIpc) is 3.34.